The normalized spacial score (nSPS) is 16.2. The standard InChI is InChI=1S/C19H27N3O5S/c1-27-19(24)8-5-10-20-18(23)16-21-11-13-22(14-12-21)28(25,26)15-9-17-6-3-2-4-7-17/h2-4,6-7,9,15H,5,8,10-14,16H2,1H3,(H,20,23)/b15-9+. The van der Waals surface area contributed by atoms with Crippen molar-refractivity contribution in [1.82, 2.24) is 14.5 Å². The van der Waals surface area contributed by atoms with Crippen molar-refractivity contribution in [3.05, 3.63) is 41.3 Å². The van der Waals surface area contributed by atoms with Gasteiger partial charge < -0.3 is 10.1 Å². The lowest BCUT2D eigenvalue weighted by molar-refractivity contribution is -0.140. The number of nitrogens with one attached hydrogen (secondary N) is 1. The molecule has 0 radical (unpaired) electrons. The third-order valence-corrected chi connectivity index (χ3v) is 5.96. The van der Waals surface area contributed by atoms with Crippen LogP contribution in [-0.4, -0.2) is 75.9 Å². The van der Waals surface area contributed by atoms with Gasteiger partial charge in [0.15, 0.2) is 0 Å². The van der Waals surface area contributed by atoms with Crippen LogP contribution in [0.3, 0.4) is 0 Å². The number of hydrogen-bond acceptors (Lipinski definition) is 6. The Morgan fingerprint density at radius 2 is 1.82 bits per heavy atom. The Balaban J connectivity index is 1.72. The average molecular weight is 410 g/mol. The number of piperazine rings is 1. The summed E-state index contributed by atoms with van der Waals surface area (Å²) in [5.41, 5.74) is 0.827. The van der Waals surface area contributed by atoms with E-state index < -0.39 is 10.0 Å². The van der Waals surface area contributed by atoms with E-state index in [0.29, 0.717) is 39.1 Å². The highest BCUT2D eigenvalue weighted by molar-refractivity contribution is 7.92. The number of carbonyl (C=O) groups excluding carboxylic acids is 2. The molecule has 0 spiro atoms. The van der Waals surface area contributed by atoms with Gasteiger partial charge in [0.2, 0.25) is 15.9 Å². The van der Waals surface area contributed by atoms with Crippen LogP contribution in [0.15, 0.2) is 35.7 Å². The van der Waals surface area contributed by atoms with Gasteiger partial charge >= 0.3 is 5.97 Å². The largest absolute Gasteiger partial charge is 0.469 e. The maximum atomic E-state index is 12.4. The molecule has 0 unspecified atom stereocenters. The van der Waals surface area contributed by atoms with Gasteiger partial charge in [-0.05, 0) is 18.1 Å². The van der Waals surface area contributed by atoms with Crippen LogP contribution in [0, 0.1) is 0 Å². The molecular formula is C19H27N3O5S. The lowest BCUT2D eigenvalue weighted by atomic mass is 10.2. The molecule has 1 aromatic carbocycles. The van der Waals surface area contributed by atoms with Crippen LogP contribution in [0.25, 0.3) is 6.08 Å². The number of nitrogens with zero attached hydrogens (tertiary/aromatic N) is 2. The highest BCUT2D eigenvalue weighted by Crippen LogP contribution is 2.11. The van der Waals surface area contributed by atoms with Crippen LogP contribution in [-0.2, 0) is 24.3 Å². The van der Waals surface area contributed by atoms with Crippen molar-refractivity contribution >= 4 is 28.0 Å². The van der Waals surface area contributed by atoms with Gasteiger partial charge in [-0.25, -0.2) is 8.42 Å². The van der Waals surface area contributed by atoms with E-state index >= 15 is 0 Å². The molecule has 1 saturated heterocycles. The lowest BCUT2D eigenvalue weighted by Crippen LogP contribution is -2.50. The van der Waals surface area contributed by atoms with Gasteiger partial charge in [-0.2, -0.15) is 4.31 Å². The molecule has 8 nitrogen and oxygen atoms in total. The molecule has 1 aromatic rings. The van der Waals surface area contributed by atoms with Crippen molar-refractivity contribution in [3.8, 4) is 0 Å². The molecule has 2 rings (SSSR count). The molecule has 1 aliphatic rings. The predicted molar refractivity (Wildman–Crippen MR) is 107 cm³/mol. The number of amides is 1. The van der Waals surface area contributed by atoms with E-state index in [0.717, 1.165) is 5.56 Å². The number of benzene rings is 1. The van der Waals surface area contributed by atoms with Crippen LogP contribution in [0.2, 0.25) is 0 Å². The number of hydrogen-bond donors (Lipinski definition) is 1. The molecule has 0 aliphatic carbocycles. The minimum absolute atomic E-state index is 0.134. The minimum atomic E-state index is -3.48. The van der Waals surface area contributed by atoms with Gasteiger partial charge in [-0.1, -0.05) is 30.3 Å². The maximum Gasteiger partial charge on any atom is 0.305 e. The molecule has 0 atom stereocenters. The first-order valence-electron chi connectivity index (χ1n) is 9.20. The SMILES string of the molecule is COC(=O)CCCNC(=O)CN1CCN(S(=O)(=O)/C=C/c2ccccc2)CC1. The fourth-order valence-corrected chi connectivity index (χ4v) is 3.95. The molecule has 0 bridgehead atoms. The molecule has 1 fully saturated rings. The van der Waals surface area contributed by atoms with Gasteiger partial charge in [0, 0.05) is 44.6 Å². The Bertz CT molecular complexity index is 772. The lowest BCUT2D eigenvalue weighted by Gasteiger charge is -2.32. The van der Waals surface area contributed by atoms with Crippen molar-refractivity contribution in [3.63, 3.8) is 0 Å². The Hall–Kier alpha value is -2.23. The Labute approximate surface area is 166 Å². The summed E-state index contributed by atoms with van der Waals surface area (Å²) >= 11 is 0. The summed E-state index contributed by atoms with van der Waals surface area (Å²) in [5, 5.41) is 3.99. The number of esters is 1. The number of ether oxygens (including phenoxy) is 1. The molecular weight excluding hydrogens is 382 g/mol. The topological polar surface area (TPSA) is 96.0 Å². The maximum absolute atomic E-state index is 12.4. The predicted octanol–water partition coefficient (Wildman–Crippen LogP) is 0.674. The van der Waals surface area contributed by atoms with Crippen LogP contribution >= 0.6 is 0 Å². The highest BCUT2D eigenvalue weighted by atomic mass is 32.2. The number of methoxy groups -OCH3 is 1. The van der Waals surface area contributed by atoms with Crippen LogP contribution < -0.4 is 5.32 Å². The molecule has 9 heteroatoms. The van der Waals surface area contributed by atoms with Gasteiger partial charge in [-0.3, -0.25) is 14.5 Å². The molecule has 1 heterocycles. The van der Waals surface area contributed by atoms with Gasteiger partial charge in [0.1, 0.15) is 0 Å². The van der Waals surface area contributed by atoms with Crippen LogP contribution in [0.5, 0.6) is 0 Å². The summed E-state index contributed by atoms with van der Waals surface area (Å²) in [4.78, 5) is 24.9. The summed E-state index contributed by atoms with van der Waals surface area (Å²) in [6.07, 6.45) is 2.38. The fourth-order valence-electron chi connectivity index (χ4n) is 2.78. The minimum Gasteiger partial charge on any atom is -0.469 e. The van der Waals surface area contributed by atoms with E-state index in [2.05, 4.69) is 10.1 Å². The summed E-state index contributed by atoms with van der Waals surface area (Å²) < 4.78 is 30.9. The second kappa shape index (κ2) is 10.9. The first-order chi connectivity index (χ1) is 13.4. The van der Waals surface area contributed by atoms with E-state index in [1.54, 1.807) is 6.08 Å². The molecule has 0 aromatic heterocycles. The first kappa shape index (κ1) is 22.1. The number of sulfonamides is 1. The van der Waals surface area contributed by atoms with Crippen molar-refractivity contribution in [2.24, 2.45) is 0 Å². The van der Waals surface area contributed by atoms with Gasteiger partial charge in [-0.15, -0.1) is 0 Å². The van der Waals surface area contributed by atoms with Crippen LogP contribution in [0.1, 0.15) is 18.4 Å². The van der Waals surface area contributed by atoms with Crippen molar-refractivity contribution in [2.45, 2.75) is 12.8 Å². The second-order valence-corrected chi connectivity index (χ2v) is 8.28. The molecule has 0 saturated carbocycles. The number of carbonyl (C=O) groups is 2. The van der Waals surface area contributed by atoms with Gasteiger partial charge in [0.25, 0.3) is 0 Å². The van der Waals surface area contributed by atoms with Gasteiger partial charge in [0.05, 0.1) is 13.7 Å². The zero-order valence-corrected chi connectivity index (χ0v) is 16.9. The van der Waals surface area contributed by atoms with Crippen molar-refractivity contribution in [1.29, 1.82) is 0 Å². The molecule has 154 valence electrons. The summed E-state index contributed by atoms with van der Waals surface area (Å²) in [7, 11) is -2.15. The highest BCUT2D eigenvalue weighted by Gasteiger charge is 2.25. The van der Waals surface area contributed by atoms with E-state index in [-0.39, 0.29) is 24.8 Å². The summed E-state index contributed by atoms with van der Waals surface area (Å²) in [5.74, 6) is -0.432. The Morgan fingerprint density at radius 3 is 2.46 bits per heavy atom. The Kier molecular flexibility index (Phi) is 8.62. The quantitative estimate of drug-likeness (QED) is 0.476. The Morgan fingerprint density at radius 1 is 1.14 bits per heavy atom. The van der Waals surface area contributed by atoms with E-state index in [4.69, 9.17) is 0 Å². The monoisotopic (exact) mass is 409 g/mol. The third-order valence-electron chi connectivity index (χ3n) is 4.40. The molecule has 1 amide bonds. The fraction of sp³-hybridized carbons (Fsp3) is 0.474. The molecule has 1 N–H and O–H groups in total. The number of rotatable bonds is 9. The summed E-state index contributed by atoms with van der Waals surface area (Å²) in [6.45, 7) is 2.30. The zero-order chi connectivity index (χ0) is 20.4. The molecule has 28 heavy (non-hydrogen) atoms. The first-order valence-corrected chi connectivity index (χ1v) is 10.7. The van der Waals surface area contributed by atoms with Crippen molar-refractivity contribution in [2.75, 3.05) is 46.4 Å². The third kappa shape index (κ3) is 7.41. The summed E-state index contributed by atoms with van der Waals surface area (Å²) in [6, 6.07) is 9.26. The van der Waals surface area contributed by atoms with Crippen LogP contribution in [0.4, 0.5) is 0 Å². The molecule has 1 aliphatic heterocycles. The average Bonchev–Trinajstić information content (AvgIpc) is 2.71. The van der Waals surface area contributed by atoms with Crippen molar-refractivity contribution < 1.29 is 22.7 Å². The van der Waals surface area contributed by atoms with E-state index in [1.165, 1.54) is 16.8 Å². The van der Waals surface area contributed by atoms with E-state index in [9.17, 15) is 18.0 Å². The van der Waals surface area contributed by atoms with E-state index in [1.807, 2.05) is 35.2 Å². The second-order valence-electron chi connectivity index (χ2n) is 6.46. The zero-order valence-electron chi connectivity index (χ0n) is 16.0. The smallest absolute Gasteiger partial charge is 0.305 e.